The molecule has 1 fully saturated rings. The zero-order chi connectivity index (χ0) is 26.4. The highest BCUT2D eigenvalue weighted by Crippen LogP contribution is 2.37. The molecule has 0 radical (unpaired) electrons. The number of amides is 2. The fourth-order valence-corrected chi connectivity index (χ4v) is 5.04. The Labute approximate surface area is 226 Å². The summed E-state index contributed by atoms with van der Waals surface area (Å²) in [6, 6.07) is 19.5. The third-order valence-corrected chi connectivity index (χ3v) is 7.24. The molecule has 0 bridgehead atoms. The second-order valence-corrected chi connectivity index (χ2v) is 10.2. The summed E-state index contributed by atoms with van der Waals surface area (Å²) >= 11 is 3.46. The normalized spacial score (nSPS) is 18.4. The molecule has 7 nitrogen and oxygen atoms in total. The van der Waals surface area contributed by atoms with E-state index in [0.29, 0.717) is 29.6 Å². The predicted molar refractivity (Wildman–Crippen MR) is 142 cm³/mol. The number of benzene rings is 3. The molecule has 0 spiro atoms. The molecule has 0 N–H and O–H groups in total. The first-order chi connectivity index (χ1) is 18.4. The lowest BCUT2D eigenvalue weighted by Gasteiger charge is -2.23. The van der Waals surface area contributed by atoms with Crippen LogP contribution in [0.5, 0.6) is 0 Å². The fraction of sp³-hybridized carbons (Fsp3) is 0.172. The highest BCUT2D eigenvalue weighted by molar-refractivity contribution is 9.10. The van der Waals surface area contributed by atoms with Gasteiger partial charge in [0.25, 0.3) is 11.8 Å². The van der Waals surface area contributed by atoms with Crippen LogP contribution < -0.4 is 10.6 Å². The van der Waals surface area contributed by atoms with Gasteiger partial charge >= 0.3 is 0 Å². The first-order valence-corrected chi connectivity index (χ1v) is 13.0. The molecule has 1 aromatic heterocycles. The van der Waals surface area contributed by atoms with E-state index in [2.05, 4.69) is 20.9 Å². The van der Waals surface area contributed by atoms with Crippen LogP contribution in [0, 0.1) is 5.82 Å². The summed E-state index contributed by atoms with van der Waals surface area (Å²) in [5.41, 5.74) is 3.86. The Hall–Kier alpha value is -3.95. The summed E-state index contributed by atoms with van der Waals surface area (Å²) < 4.78 is 22.6. The number of rotatable bonds is 6. The van der Waals surface area contributed by atoms with Gasteiger partial charge in [-0.3, -0.25) is 9.59 Å². The second-order valence-electron chi connectivity index (χ2n) is 9.26. The van der Waals surface area contributed by atoms with Crippen LogP contribution in [0.4, 0.5) is 4.39 Å². The molecule has 38 heavy (non-hydrogen) atoms. The molecule has 3 aromatic carbocycles. The Balaban J connectivity index is 1.36. The zero-order valence-corrected chi connectivity index (χ0v) is 21.9. The van der Waals surface area contributed by atoms with Crippen molar-refractivity contribution in [3.63, 3.8) is 0 Å². The Morgan fingerprint density at radius 1 is 1.03 bits per heavy atom. The van der Waals surface area contributed by atoms with Gasteiger partial charge in [0.15, 0.2) is 6.23 Å². The molecule has 0 aliphatic carbocycles. The van der Waals surface area contributed by atoms with E-state index in [9.17, 15) is 14.0 Å². The number of aromatic nitrogens is 2. The van der Waals surface area contributed by atoms with E-state index in [1.54, 1.807) is 28.6 Å². The van der Waals surface area contributed by atoms with Crippen molar-refractivity contribution < 1.29 is 18.7 Å². The molecule has 2 aliphatic rings. The molecule has 9 heteroatoms. The Morgan fingerprint density at radius 2 is 1.79 bits per heavy atom. The molecule has 0 saturated carbocycles. The van der Waals surface area contributed by atoms with Gasteiger partial charge in [-0.15, -0.1) is 0 Å². The molecular formula is C29H22BrFN4O3. The van der Waals surface area contributed by atoms with Crippen LogP contribution >= 0.6 is 15.9 Å². The SMILES string of the molecule is CC1OC(c2cn(-c3ccc(Br)cc3)nc2-c2ccc(F)cc2)N(CCc2ccc3c(c2)=CC(=O)N=3)C1=O. The number of hydrogen-bond acceptors (Lipinski definition) is 4. The summed E-state index contributed by atoms with van der Waals surface area (Å²) in [6.07, 6.45) is 2.66. The Morgan fingerprint density at radius 3 is 2.55 bits per heavy atom. The van der Waals surface area contributed by atoms with E-state index in [0.717, 1.165) is 26.5 Å². The van der Waals surface area contributed by atoms with Gasteiger partial charge < -0.3 is 9.64 Å². The van der Waals surface area contributed by atoms with E-state index in [-0.39, 0.29) is 17.6 Å². The average molecular weight is 573 g/mol. The van der Waals surface area contributed by atoms with Gasteiger partial charge in [0, 0.05) is 39.6 Å². The number of carbonyl (C=O) groups excluding carboxylic acids is 2. The maximum atomic E-state index is 13.7. The van der Waals surface area contributed by atoms with Gasteiger partial charge in [-0.2, -0.15) is 5.10 Å². The number of ether oxygens (including phenoxy) is 1. The van der Waals surface area contributed by atoms with Crippen LogP contribution in [0.15, 0.2) is 82.4 Å². The van der Waals surface area contributed by atoms with Crippen molar-refractivity contribution in [3.8, 4) is 16.9 Å². The van der Waals surface area contributed by atoms with Crippen LogP contribution in [-0.2, 0) is 20.7 Å². The van der Waals surface area contributed by atoms with Crippen molar-refractivity contribution in [2.45, 2.75) is 25.7 Å². The van der Waals surface area contributed by atoms with E-state index in [1.165, 1.54) is 18.2 Å². The molecule has 4 aromatic rings. The molecule has 6 rings (SSSR count). The Bertz CT molecular complexity index is 1680. The third kappa shape index (κ3) is 4.59. The zero-order valence-electron chi connectivity index (χ0n) is 20.3. The van der Waals surface area contributed by atoms with Crippen LogP contribution in [0.2, 0.25) is 0 Å². The van der Waals surface area contributed by atoms with Crippen molar-refractivity contribution in [3.05, 3.63) is 105 Å². The molecule has 1 saturated heterocycles. The summed E-state index contributed by atoms with van der Waals surface area (Å²) in [5.74, 6) is -0.717. The van der Waals surface area contributed by atoms with Gasteiger partial charge in [0.2, 0.25) is 0 Å². The number of carbonyl (C=O) groups is 2. The number of hydrogen-bond donors (Lipinski definition) is 0. The summed E-state index contributed by atoms with van der Waals surface area (Å²) in [6.45, 7) is 2.15. The van der Waals surface area contributed by atoms with E-state index in [4.69, 9.17) is 9.84 Å². The standard InChI is InChI=1S/C29H22BrFN4O3/c1-17-28(37)34(13-12-18-2-11-25-20(14-18)15-26(36)32-25)29(38-17)24-16-35(23-9-5-21(30)6-10-23)33-27(24)19-3-7-22(31)8-4-19/h2-11,14-17,29H,12-13H2,1H3. The molecule has 2 unspecified atom stereocenters. The van der Waals surface area contributed by atoms with Crippen LogP contribution in [0.1, 0.15) is 24.3 Å². The monoisotopic (exact) mass is 572 g/mol. The molecule has 2 atom stereocenters. The molecule has 3 heterocycles. The highest BCUT2D eigenvalue weighted by Gasteiger charge is 2.40. The number of halogens is 2. The average Bonchev–Trinajstić information content (AvgIpc) is 3.58. The van der Waals surface area contributed by atoms with Gasteiger partial charge in [0.05, 0.1) is 11.0 Å². The smallest absolute Gasteiger partial charge is 0.270 e. The van der Waals surface area contributed by atoms with Crippen molar-refractivity contribution in [2.75, 3.05) is 6.54 Å². The topological polar surface area (TPSA) is 76.8 Å². The van der Waals surface area contributed by atoms with Crippen molar-refractivity contribution in [2.24, 2.45) is 4.99 Å². The minimum atomic E-state index is -0.667. The lowest BCUT2D eigenvalue weighted by atomic mass is 10.1. The molecule has 2 amide bonds. The van der Waals surface area contributed by atoms with Crippen molar-refractivity contribution in [1.82, 2.24) is 14.7 Å². The fourth-order valence-electron chi connectivity index (χ4n) is 4.78. The molecular weight excluding hydrogens is 551 g/mol. The third-order valence-electron chi connectivity index (χ3n) is 6.71. The molecule has 2 aliphatic heterocycles. The maximum Gasteiger partial charge on any atom is 0.270 e. The summed E-state index contributed by atoms with van der Waals surface area (Å²) in [7, 11) is 0. The van der Waals surface area contributed by atoms with E-state index >= 15 is 0 Å². The first kappa shape index (κ1) is 24.4. The van der Waals surface area contributed by atoms with Crippen LogP contribution in [0.3, 0.4) is 0 Å². The van der Waals surface area contributed by atoms with Crippen LogP contribution in [-0.4, -0.2) is 39.1 Å². The lowest BCUT2D eigenvalue weighted by molar-refractivity contribution is -0.130. The maximum absolute atomic E-state index is 13.7. The van der Waals surface area contributed by atoms with E-state index in [1.807, 2.05) is 48.7 Å². The second kappa shape index (κ2) is 9.74. The predicted octanol–water partition coefficient (Wildman–Crippen LogP) is 3.87. The molecule has 190 valence electrons. The van der Waals surface area contributed by atoms with Crippen LogP contribution in [0.25, 0.3) is 23.0 Å². The van der Waals surface area contributed by atoms with Gasteiger partial charge in [-0.1, -0.05) is 22.0 Å². The van der Waals surface area contributed by atoms with Crippen molar-refractivity contribution in [1.29, 1.82) is 0 Å². The summed E-state index contributed by atoms with van der Waals surface area (Å²) in [5, 5.41) is 6.27. The van der Waals surface area contributed by atoms with Crippen molar-refractivity contribution >= 4 is 33.8 Å². The van der Waals surface area contributed by atoms with E-state index < -0.39 is 12.3 Å². The Kier molecular flexibility index (Phi) is 6.25. The number of fused-ring (bicyclic) bond motifs is 1. The lowest BCUT2D eigenvalue weighted by Crippen LogP contribution is -2.32. The number of nitrogens with zero attached hydrogens (tertiary/aromatic N) is 4. The van der Waals surface area contributed by atoms with Gasteiger partial charge in [-0.05, 0) is 79.6 Å². The minimum absolute atomic E-state index is 0.116. The minimum Gasteiger partial charge on any atom is -0.341 e. The highest BCUT2D eigenvalue weighted by atomic mass is 79.9. The first-order valence-electron chi connectivity index (χ1n) is 12.2. The van der Waals surface area contributed by atoms with Gasteiger partial charge in [-0.25, -0.2) is 14.1 Å². The largest absolute Gasteiger partial charge is 0.341 e. The summed E-state index contributed by atoms with van der Waals surface area (Å²) in [4.78, 5) is 30.5. The quantitative estimate of drug-likeness (QED) is 0.351. The van der Waals surface area contributed by atoms with Gasteiger partial charge in [0.1, 0.15) is 17.6 Å².